The number of benzene rings is 2. The summed E-state index contributed by atoms with van der Waals surface area (Å²) in [6, 6.07) is 16.1. The largest absolute Gasteiger partial charge is 0.336 e. The predicted molar refractivity (Wildman–Crippen MR) is 136 cm³/mol. The molecular formula is C26H23F2N5O3S. The van der Waals surface area contributed by atoms with Crippen LogP contribution in [0, 0.1) is 17.6 Å². The lowest BCUT2D eigenvalue weighted by molar-refractivity contribution is 0.474. The lowest BCUT2D eigenvalue weighted by Crippen LogP contribution is -2.13. The summed E-state index contributed by atoms with van der Waals surface area (Å²) in [6.07, 6.45) is 0. The second-order valence-corrected chi connectivity index (χ2v) is 10.5. The van der Waals surface area contributed by atoms with Gasteiger partial charge in [0.2, 0.25) is 0 Å². The van der Waals surface area contributed by atoms with E-state index in [-0.39, 0.29) is 23.1 Å². The molecular weight excluding hydrogens is 500 g/mol. The SMILES string of the molecule is CC(C)Cn1c(CS(=O)(=O)O)nc2ccc(-c3[nH]c(-c4c(F)cccc4F)nc3-c3ccccc3)nc21. The van der Waals surface area contributed by atoms with Crippen LogP contribution in [0.15, 0.2) is 60.7 Å². The van der Waals surface area contributed by atoms with Crippen LogP contribution in [0.3, 0.4) is 0 Å². The summed E-state index contributed by atoms with van der Waals surface area (Å²) in [5.41, 5.74) is 2.58. The van der Waals surface area contributed by atoms with E-state index in [1.807, 2.05) is 44.2 Å². The molecule has 190 valence electrons. The number of aromatic nitrogens is 5. The molecule has 8 nitrogen and oxygen atoms in total. The summed E-state index contributed by atoms with van der Waals surface area (Å²) in [5.74, 6) is -1.86. The summed E-state index contributed by atoms with van der Waals surface area (Å²) in [5, 5.41) is 0. The van der Waals surface area contributed by atoms with Crippen molar-refractivity contribution in [1.82, 2.24) is 24.5 Å². The Morgan fingerprint density at radius 1 is 0.946 bits per heavy atom. The Balaban J connectivity index is 1.73. The van der Waals surface area contributed by atoms with Crippen molar-refractivity contribution in [3.05, 3.63) is 78.1 Å². The van der Waals surface area contributed by atoms with E-state index < -0.39 is 27.5 Å². The lowest BCUT2D eigenvalue weighted by Gasteiger charge is -2.11. The minimum Gasteiger partial charge on any atom is -0.336 e. The minimum absolute atomic E-state index is 0.00843. The second kappa shape index (κ2) is 9.49. The van der Waals surface area contributed by atoms with Crippen molar-refractivity contribution in [1.29, 1.82) is 0 Å². The number of hydrogen-bond donors (Lipinski definition) is 2. The topological polar surface area (TPSA) is 114 Å². The van der Waals surface area contributed by atoms with Gasteiger partial charge in [-0.1, -0.05) is 50.2 Å². The van der Waals surface area contributed by atoms with Gasteiger partial charge in [0.15, 0.2) is 5.65 Å². The van der Waals surface area contributed by atoms with Gasteiger partial charge in [-0.3, -0.25) is 4.55 Å². The molecule has 3 heterocycles. The molecule has 0 saturated carbocycles. The molecule has 0 atom stereocenters. The molecule has 11 heteroatoms. The highest BCUT2D eigenvalue weighted by Crippen LogP contribution is 2.34. The van der Waals surface area contributed by atoms with E-state index in [1.165, 1.54) is 6.07 Å². The first-order valence-electron chi connectivity index (χ1n) is 11.5. The van der Waals surface area contributed by atoms with Gasteiger partial charge >= 0.3 is 0 Å². The summed E-state index contributed by atoms with van der Waals surface area (Å²) in [6.45, 7) is 4.34. The van der Waals surface area contributed by atoms with Crippen LogP contribution in [0.25, 0.3) is 45.2 Å². The van der Waals surface area contributed by atoms with Gasteiger partial charge in [0.1, 0.15) is 34.6 Å². The quantitative estimate of drug-likeness (QED) is 0.273. The average molecular weight is 524 g/mol. The normalized spacial score (nSPS) is 12.1. The molecule has 2 N–H and O–H groups in total. The number of nitrogens with one attached hydrogen (secondary N) is 1. The van der Waals surface area contributed by atoms with Crippen molar-refractivity contribution in [3.63, 3.8) is 0 Å². The van der Waals surface area contributed by atoms with Crippen molar-refractivity contribution in [3.8, 4) is 34.0 Å². The summed E-state index contributed by atoms with van der Waals surface area (Å²) in [7, 11) is -4.32. The fourth-order valence-electron chi connectivity index (χ4n) is 4.22. The number of hydrogen-bond acceptors (Lipinski definition) is 5. The van der Waals surface area contributed by atoms with E-state index in [9.17, 15) is 21.8 Å². The number of imidazole rings is 2. The van der Waals surface area contributed by atoms with Gasteiger partial charge in [-0.2, -0.15) is 8.42 Å². The standard InChI is InChI=1S/C26H23F2N5O3S/c1-15(2)13-33-21(14-37(34,35)36)29-20-12-11-19(30-26(20)33)24-23(16-7-4-3-5-8-16)31-25(32-24)22-17(27)9-6-10-18(22)28/h3-12,15H,13-14H2,1-2H3,(H,31,32)(H,34,35,36). The Labute approximate surface area is 211 Å². The van der Waals surface area contributed by atoms with Crippen LogP contribution in [-0.4, -0.2) is 37.5 Å². The van der Waals surface area contributed by atoms with Crippen molar-refractivity contribution in [2.24, 2.45) is 5.92 Å². The van der Waals surface area contributed by atoms with Crippen molar-refractivity contribution >= 4 is 21.3 Å². The molecule has 0 aliphatic rings. The van der Waals surface area contributed by atoms with Crippen LogP contribution >= 0.6 is 0 Å². The molecule has 0 fully saturated rings. The molecule has 0 unspecified atom stereocenters. The molecule has 37 heavy (non-hydrogen) atoms. The van der Waals surface area contributed by atoms with Crippen LogP contribution in [0.5, 0.6) is 0 Å². The van der Waals surface area contributed by atoms with Crippen LogP contribution in [0.1, 0.15) is 19.7 Å². The van der Waals surface area contributed by atoms with Gasteiger partial charge in [-0.05, 0) is 30.2 Å². The summed E-state index contributed by atoms with van der Waals surface area (Å²) in [4.78, 5) is 16.7. The number of aromatic amines is 1. The third kappa shape index (κ3) is 5.00. The lowest BCUT2D eigenvalue weighted by atomic mass is 10.1. The number of halogens is 2. The molecule has 0 amide bonds. The Morgan fingerprint density at radius 3 is 2.30 bits per heavy atom. The Morgan fingerprint density at radius 2 is 1.65 bits per heavy atom. The molecule has 0 spiro atoms. The molecule has 0 radical (unpaired) electrons. The Kier molecular flexibility index (Phi) is 6.34. The number of pyridine rings is 1. The zero-order valence-electron chi connectivity index (χ0n) is 20.0. The van der Waals surface area contributed by atoms with E-state index in [2.05, 4.69) is 15.0 Å². The number of fused-ring (bicyclic) bond motifs is 1. The Hall–Kier alpha value is -3.96. The third-order valence-electron chi connectivity index (χ3n) is 5.74. The first-order chi connectivity index (χ1) is 17.6. The number of rotatable bonds is 7. The molecule has 3 aromatic heterocycles. The average Bonchev–Trinajstić information content (AvgIpc) is 3.40. The number of nitrogens with zero attached hydrogens (tertiary/aromatic N) is 4. The van der Waals surface area contributed by atoms with Gasteiger partial charge in [-0.25, -0.2) is 23.7 Å². The maximum Gasteiger partial charge on any atom is 0.272 e. The minimum atomic E-state index is -4.32. The van der Waals surface area contributed by atoms with E-state index in [0.29, 0.717) is 40.4 Å². The van der Waals surface area contributed by atoms with Crippen molar-refractivity contribution in [2.75, 3.05) is 0 Å². The molecule has 5 aromatic rings. The highest BCUT2D eigenvalue weighted by molar-refractivity contribution is 7.84. The predicted octanol–water partition coefficient (Wildman–Crippen LogP) is 5.48. The molecule has 0 aliphatic carbocycles. The summed E-state index contributed by atoms with van der Waals surface area (Å²) >= 11 is 0. The molecule has 5 rings (SSSR count). The van der Waals surface area contributed by atoms with Gasteiger partial charge in [0.05, 0.1) is 22.6 Å². The van der Waals surface area contributed by atoms with E-state index in [1.54, 1.807) is 16.7 Å². The van der Waals surface area contributed by atoms with Crippen LogP contribution in [-0.2, 0) is 22.4 Å². The monoisotopic (exact) mass is 523 g/mol. The van der Waals surface area contributed by atoms with Gasteiger partial charge < -0.3 is 9.55 Å². The van der Waals surface area contributed by atoms with E-state index in [0.717, 1.165) is 12.1 Å². The molecule has 0 bridgehead atoms. The Bertz CT molecular complexity index is 1690. The van der Waals surface area contributed by atoms with Gasteiger partial charge in [-0.15, -0.1) is 0 Å². The van der Waals surface area contributed by atoms with Crippen LogP contribution in [0.4, 0.5) is 8.78 Å². The van der Waals surface area contributed by atoms with Gasteiger partial charge in [0, 0.05) is 12.1 Å². The van der Waals surface area contributed by atoms with Crippen LogP contribution < -0.4 is 0 Å². The zero-order valence-corrected chi connectivity index (χ0v) is 20.8. The fraction of sp³-hybridized carbons (Fsp3) is 0.192. The van der Waals surface area contributed by atoms with Crippen molar-refractivity contribution in [2.45, 2.75) is 26.1 Å². The highest BCUT2D eigenvalue weighted by Gasteiger charge is 2.23. The first-order valence-corrected chi connectivity index (χ1v) is 13.1. The smallest absolute Gasteiger partial charge is 0.272 e. The maximum absolute atomic E-state index is 14.6. The number of H-pyrrole nitrogens is 1. The summed E-state index contributed by atoms with van der Waals surface area (Å²) < 4.78 is 63.5. The third-order valence-corrected chi connectivity index (χ3v) is 6.36. The van der Waals surface area contributed by atoms with Crippen molar-refractivity contribution < 1.29 is 21.8 Å². The van der Waals surface area contributed by atoms with E-state index >= 15 is 0 Å². The fourth-order valence-corrected chi connectivity index (χ4v) is 4.77. The highest BCUT2D eigenvalue weighted by atomic mass is 32.2. The van der Waals surface area contributed by atoms with Crippen LogP contribution in [0.2, 0.25) is 0 Å². The zero-order chi connectivity index (χ0) is 26.3. The molecule has 0 saturated heterocycles. The first kappa shape index (κ1) is 24.7. The van der Waals surface area contributed by atoms with E-state index in [4.69, 9.17) is 4.98 Å². The molecule has 0 aliphatic heterocycles. The van der Waals surface area contributed by atoms with Gasteiger partial charge in [0.25, 0.3) is 10.1 Å². The molecule has 2 aromatic carbocycles. The maximum atomic E-state index is 14.6. The second-order valence-electron chi connectivity index (χ2n) is 9.07.